The maximum absolute atomic E-state index is 13.9. The van der Waals surface area contributed by atoms with Crippen molar-refractivity contribution in [3.8, 4) is 0 Å². The van der Waals surface area contributed by atoms with Crippen LogP contribution in [0.1, 0.15) is 66.1 Å². The Kier molecular flexibility index (Phi) is 9.70. The molecule has 4 rings (SSSR count). The lowest BCUT2D eigenvalue weighted by Crippen LogP contribution is -2.36. The molecule has 1 amide bonds. The SMILES string of the molecule is CCC(c1ccc(C(F)(F)F)cc1CN(Cc1cc(C(F)(F)F)cc(C(F)(F)F)c1)c1nnn(C)n1)N1CC[C@H](NC(C)=O)C1. The van der Waals surface area contributed by atoms with Crippen molar-refractivity contribution in [2.24, 2.45) is 7.05 Å². The van der Waals surface area contributed by atoms with Crippen molar-refractivity contribution >= 4 is 11.9 Å². The summed E-state index contributed by atoms with van der Waals surface area (Å²) in [6.45, 7) is 3.16. The number of nitrogens with one attached hydrogen (secondary N) is 1. The largest absolute Gasteiger partial charge is 0.416 e. The van der Waals surface area contributed by atoms with E-state index in [-0.39, 0.29) is 29.5 Å². The van der Waals surface area contributed by atoms with Crippen molar-refractivity contribution in [3.63, 3.8) is 0 Å². The zero-order chi connectivity index (χ0) is 33.3. The van der Waals surface area contributed by atoms with Crippen molar-refractivity contribution in [1.29, 1.82) is 0 Å². The van der Waals surface area contributed by atoms with Gasteiger partial charge in [0.2, 0.25) is 5.91 Å². The highest BCUT2D eigenvalue weighted by atomic mass is 19.4. The second-order valence-electron chi connectivity index (χ2n) is 10.9. The highest BCUT2D eigenvalue weighted by Crippen LogP contribution is 2.38. The minimum absolute atomic E-state index is 0.00452. The number of benzene rings is 2. The molecule has 3 aromatic rings. The number of hydrogen-bond acceptors (Lipinski definition) is 6. The van der Waals surface area contributed by atoms with Crippen molar-refractivity contribution in [2.75, 3.05) is 18.0 Å². The van der Waals surface area contributed by atoms with Crippen LogP contribution in [0.5, 0.6) is 0 Å². The summed E-state index contributed by atoms with van der Waals surface area (Å²) in [7, 11) is 1.38. The van der Waals surface area contributed by atoms with E-state index in [1.807, 2.05) is 11.8 Å². The quantitative estimate of drug-likeness (QED) is 0.281. The van der Waals surface area contributed by atoms with Crippen LogP contribution in [0.3, 0.4) is 0 Å². The lowest BCUT2D eigenvalue weighted by atomic mass is 9.94. The molecule has 246 valence electrons. The summed E-state index contributed by atoms with van der Waals surface area (Å²) in [6.07, 6.45) is -13.9. The van der Waals surface area contributed by atoms with Crippen LogP contribution in [0.2, 0.25) is 0 Å². The van der Waals surface area contributed by atoms with Gasteiger partial charge in [-0.3, -0.25) is 9.69 Å². The summed E-state index contributed by atoms with van der Waals surface area (Å²) in [6, 6.07) is 3.68. The third kappa shape index (κ3) is 8.43. The van der Waals surface area contributed by atoms with Gasteiger partial charge in [0, 0.05) is 45.2 Å². The van der Waals surface area contributed by atoms with Crippen LogP contribution < -0.4 is 10.2 Å². The Morgan fingerprint density at radius 3 is 2.09 bits per heavy atom. The van der Waals surface area contributed by atoms with Crippen LogP contribution in [0, 0.1) is 0 Å². The van der Waals surface area contributed by atoms with Gasteiger partial charge in [0.25, 0.3) is 5.95 Å². The van der Waals surface area contributed by atoms with Gasteiger partial charge in [-0.1, -0.05) is 18.1 Å². The number of aryl methyl sites for hydroxylation is 1. The van der Waals surface area contributed by atoms with E-state index in [4.69, 9.17) is 0 Å². The zero-order valence-electron chi connectivity index (χ0n) is 24.4. The van der Waals surface area contributed by atoms with Gasteiger partial charge in [-0.05, 0) is 65.1 Å². The Morgan fingerprint density at radius 1 is 0.956 bits per heavy atom. The van der Waals surface area contributed by atoms with Crippen LogP contribution in [-0.4, -0.2) is 50.1 Å². The fourth-order valence-corrected chi connectivity index (χ4v) is 5.53. The third-order valence-corrected chi connectivity index (χ3v) is 7.45. The van der Waals surface area contributed by atoms with Gasteiger partial charge in [-0.25, -0.2) is 0 Å². The summed E-state index contributed by atoms with van der Waals surface area (Å²) in [4.78, 5) is 15.8. The molecule has 1 aliphatic heterocycles. The Bertz CT molecular complexity index is 1470. The summed E-state index contributed by atoms with van der Waals surface area (Å²) in [5.41, 5.74) is -3.87. The number of halogens is 9. The van der Waals surface area contributed by atoms with E-state index in [1.54, 1.807) is 0 Å². The second kappa shape index (κ2) is 12.8. The van der Waals surface area contributed by atoms with Gasteiger partial charge in [0.1, 0.15) is 0 Å². The molecule has 0 spiro atoms. The van der Waals surface area contributed by atoms with Crippen LogP contribution in [0.15, 0.2) is 36.4 Å². The number of aromatic nitrogens is 4. The molecular weight excluding hydrogens is 621 g/mol. The number of likely N-dealkylation sites (tertiary alicyclic amines) is 1. The maximum atomic E-state index is 13.9. The minimum atomic E-state index is -5.10. The summed E-state index contributed by atoms with van der Waals surface area (Å²) in [5.74, 6) is -0.438. The fraction of sp³-hybridized carbons (Fsp3) is 0.500. The molecule has 1 N–H and O–H groups in total. The number of carbonyl (C=O) groups excluding carboxylic acids is 1. The first-order chi connectivity index (χ1) is 20.8. The molecule has 1 aliphatic rings. The highest BCUT2D eigenvalue weighted by molar-refractivity contribution is 5.73. The number of nitrogens with zero attached hydrogens (tertiary/aromatic N) is 6. The number of carbonyl (C=O) groups is 1. The molecule has 2 aromatic carbocycles. The molecule has 2 atom stereocenters. The van der Waals surface area contributed by atoms with Gasteiger partial charge >= 0.3 is 18.5 Å². The normalized spacial score (nSPS) is 17.0. The van der Waals surface area contributed by atoms with Crippen LogP contribution in [0.4, 0.5) is 45.5 Å². The van der Waals surface area contributed by atoms with Gasteiger partial charge in [-0.2, -0.15) is 44.3 Å². The molecule has 1 saturated heterocycles. The molecule has 1 unspecified atom stereocenters. The zero-order valence-corrected chi connectivity index (χ0v) is 24.4. The van der Waals surface area contributed by atoms with Gasteiger partial charge in [-0.15, -0.1) is 5.10 Å². The van der Waals surface area contributed by atoms with E-state index >= 15 is 0 Å². The molecular formula is C28H30F9N7O. The lowest BCUT2D eigenvalue weighted by molar-refractivity contribution is -0.143. The molecule has 0 aliphatic carbocycles. The minimum Gasteiger partial charge on any atom is -0.352 e. The second-order valence-corrected chi connectivity index (χ2v) is 10.9. The summed E-state index contributed by atoms with van der Waals surface area (Å²) >= 11 is 0. The van der Waals surface area contributed by atoms with Gasteiger partial charge in [0.15, 0.2) is 0 Å². The van der Waals surface area contributed by atoms with E-state index in [9.17, 15) is 44.3 Å². The average molecular weight is 652 g/mol. The average Bonchev–Trinajstić information content (AvgIpc) is 3.56. The summed E-state index contributed by atoms with van der Waals surface area (Å²) < 4.78 is 123. The molecule has 17 heteroatoms. The van der Waals surface area contributed by atoms with Crippen molar-refractivity contribution in [1.82, 2.24) is 30.4 Å². The van der Waals surface area contributed by atoms with Crippen LogP contribution in [0.25, 0.3) is 0 Å². The van der Waals surface area contributed by atoms with Crippen molar-refractivity contribution < 1.29 is 44.3 Å². The lowest BCUT2D eigenvalue weighted by Gasteiger charge is -2.31. The molecule has 0 saturated carbocycles. The Hall–Kier alpha value is -3.89. The maximum Gasteiger partial charge on any atom is 0.416 e. The van der Waals surface area contributed by atoms with E-state index in [0.717, 1.165) is 16.9 Å². The highest BCUT2D eigenvalue weighted by Gasteiger charge is 2.38. The van der Waals surface area contributed by atoms with Crippen LogP contribution in [-0.2, 0) is 43.5 Å². The van der Waals surface area contributed by atoms with E-state index in [1.165, 1.54) is 24.9 Å². The Morgan fingerprint density at radius 2 is 1.58 bits per heavy atom. The third-order valence-electron chi connectivity index (χ3n) is 7.45. The number of tetrazole rings is 1. The smallest absolute Gasteiger partial charge is 0.352 e. The number of amides is 1. The number of hydrogen-bond donors (Lipinski definition) is 1. The van der Waals surface area contributed by atoms with Crippen molar-refractivity contribution in [2.45, 2.75) is 70.4 Å². The molecule has 2 heterocycles. The number of rotatable bonds is 9. The van der Waals surface area contributed by atoms with Crippen molar-refractivity contribution in [3.05, 3.63) is 69.8 Å². The van der Waals surface area contributed by atoms with Gasteiger partial charge < -0.3 is 10.2 Å². The fourth-order valence-electron chi connectivity index (χ4n) is 5.53. The predicted octanol–water partition coefficient (Wildman–Crippen LogP) is 6.13. The first kappa shape index (κ1) is 34.0. The molecule has 0 radical (unpaired) electrons. The number of anilines is 1. The monoisotopic (exact) mass is 651 g/mol. The first-order valence-electron chi connectivity index (χ1n) is 13.8. The van der Waals surface area contributed by atoms with Gasteiger partial charge in [0.05, 0.1) is 23.7 Å². The topological polar surface area (TPSA) is 79.2 Å². The molecule has 8 nitrogen and oxygen atoms in total. The van der Waals surface area contributed by atoms with Crippen LogP contribution >= 0.6 is 0 Å². The Labute approximate surface area is 252 Å². The summed E-state index contributed by atoms with van der Waals surface area (Å²) in [5, 5.41) is 14.4. The molecule has 1 aromatic heterocycles. The first-order valence-corrected chi connectivity index (χ1v) is 13.8. The molecule has 1 fully saturated rings. The standard InChI is InChI=1S/C28H30F9N7O/c1-4-24(43-8-7-22(15-43)38-16(2)45)23-6-5-19(26(29,30)31)11-18(23)14-44(25-39-41-42(3)40-25)13-17-9-20(27(32,33)34)12-21(10-17)28(35,36)37/h5-6,9-12,22,24H,4,7-8,13-15H2,1-3H3,(H,38,45)/t22-,24?/m0/s1. The van der Waals surface area contributed by atoms with E-state index < -0.39 is 59.9 Å². The van der Waals surface area contributed by atoms with E-state index in [2.05, 4.69) is 20.7 Å². The van der Waals surface area contributed by atoms with E-state index in [0.29, 0.717) is 43.6 Å². The molecule has 45 heavy (non-hydrogen) atoms. The predicted molar refractivity (Wildman–Crippen MR) is 143 cm³/mol. The molecule has 0 bridgehead atoms. The Balaban J connectivity index is 1.79. The number of alkyl halides is 9.